The number of piperazine rings is 1. The van der Waals surface area contributed by atoms with Crippen LogP contribution in [0.5, 0.6) is 5.75 Å². The number of hydrogen-bond donors (Lipinski definition) is 1. The molecule has 1 saturated heterocycles. The fraction of sp³-hybridized carbons (Fsp3) is 0.562. The number of ether oxygens (including phenoxy) is 1. The zero-order valence-corrected chi connectivity index (χ0v) is 12.1. The molecular weight excluding hydrogens is 252 g/mol. The summed E-state index contributed by atoms with van der Waals surface area (Å²) in [5, 5.41) is 3.33. The van der Waals surface area contributed by atoms with E-state index < -0.39 is 0 Å². The summed E-state index contributed by atoms with van der Waals surface area (Å²) >= 11 is 0. The Kier molecular flexibility index (Phi) is 3.66. The number of nitrogens with zero attached hydrogens (tertiary/aromatic N) is 1. The van der Waals surface area contributed by atoms with Gasteiger partial charge in [0.25, 0.3) is 0 Å². The third-order valence-electron chi connectivity index (χ3n) is 4.41. The van der Waals surface area contributed by atoms with Crippen LogP contribution >= 0.6 is 0 Å². The van der Waals surface area contributed by atoms with Crippen LogP contribution in [0.15, 0.2) is 24.3 Å². The molecular formula is C16H22N2O2. The van der Waals surface area contributed by atoms with Crippen LogP contribution in [0, 0.1) is 5.92 Å². The van der Waals surface area contributed by atoms with Crippen molar-refractivity contribution in [1.29, 1.82) is 0 Å². The van der Waals surface area contributed by atoms with Crippen LogP contribution < -0.4 is 10.1 Å². The summed E-state index contributed by atoms with van der Waals surface area (Å²) in [7, 11) is 1.68. The Labute approximate surface area is 120 Å². The van der Waals surface area contributed by atoms with Crippen molar-refractivity contribution in [3.05, 3.63) is 29.8 Å². The molecule has 1 saturated carbocycles. The first-order chi connectivity index (χ1) is 9.70. The van der Waals surface area contributed by atoms with Crippen molar-refractivity contribution in [1.82, 2.24) is 10.2 Å². The summed E-state index contributed by atoms with van der Waals surface area (Å²) in [5.41, 5.74) is 1.23. The zero-order chi connectivity index (χ0) is 14.1. The summed E-state index contributed by atoms with van der Waals surface area (Å²) in [6, 6.07) is 8.41. The van der Waals surface area contributed by atoms with Gasteiger partial charge in [-0.1, -0.05) is 12.1 Å². The van der Waals surface area contributed by atoms with Gasteiger partial charge in [0.05, 0.1) is 7.11 Å². The van der Waals surface area contributed by atoms with Crippen LogP contribution in [-0.2, 0) is 4.79 Å². The highest BCUT2D eigenvalue weighted by Gasteiger charge is 2.46. The Bertz CT molecular complexity index is 503. The molecule has 3 atom stereocenters. The second-order valence-corrected chi connectivity index (χ2v) is 5.81. The Morgan fingerprint density at radius 1 is 1.45 bits per heavy atom. The number of carbonyl (C=O) groups excluding carboxylic acids is 1. The lowest BCUT2D eigenvalue weighted by molar-refractivity contribution is -0.135. The van der Waals surface area contributed by atoms with Crippen molar-refractivity contribution in [2.75, 3.05) is 26.7 Å². The largest absolute Gasteiger partial charge is 0.497 e. The molecule has 20 heavy (non-hydrogen) atoms. The van der Waals surface area contributed by atoms with Crippen molar-refractivity contribution in [2.45, 2.75) is 25.3 Å². The van der Waals surface area contributed by atoms with E-state index in [4.69, 9.17) is 4.74 Å². The summed E-state index contributed by atoms with van der Waals surface area (Å²) in [6.45, 7) is 4.77. The first kappa shape index (κ1) is 13.4. The molecule has 0 aromatic heterocycles. The van der Waals surface area contributed by atoms with Crippen molar-refractivity contribution < 1.29 is 9.53 Å². The molecule has 0 bridgehead atoms. The molecule has 108 valence electrons. The van der Waals surface area contributed by atoms with Gasteiger partial charge in [0, 0.05) is 31.6 Å². The fourth-order valence-corrected chi connectivity index (χ4v) is 3.09. The smallest absolute Gasteiger partial charge is 0.226 e. The van der Waals surface area contributed by atoms with Gasteiger partial charge >= 0.3 is 0 Å². The molecule has 3 rings (SSSR count). The number of hydrogen-bond acceptors (Lipinski definition) is 3. The summed E-state index contributed by atoms with van der Waals surface area (Å²) in [4.78, 5) is 14.6. The molecule has 1 amide bonds. The van der Waals surface area contributed by atoms with E-state index in [0.29, 0.717) is 17.9 Å². The zero-order valence-electron chi connectivity index (χ0n) is 12.1. The van der Waals surface area contributed by atoms with Crippen LogP contribution in [0.1, 0.15) is 24.8 Å². The van der Waals surface area contributed by atoms with Crippen molar-refractivity contribution in [3.63, 3.8) is 0 Å². The van der Waals surface area contributed by atoms with Gasteiger partial charge in [-0.05, 0) is 37.0 Å². The highest BCUT2D eigenvalue weighted by molar-refractivity contribution is 5.83. The Hall–Kier alpha value is -1.55. The Morgan fingerprint density at radius 3 is 3.05 bits per heavy atom. The molecule has 4 heteroatoms. The van der Waals surface area contributed by atoms with E-state index in [2.05, 4.69) is 24.4 Å². The van der Waals surface area contributed by atoms with Crippen LogP contribution in [-0.4, -0.2) is 43.6 Å². The molecule has 1 aromatic carbocycles. The second-order valence-electron chi connectivity index (χ2n) is 5.81. The van der Waals surface area contributed by atoms with Gasteiger partial charge in [-0.15, -0.1) is 0 Å². The van der Waals surface area contributed by atoms with Crippen LogP contribution in [0.3, 0.4) is 0 Å². The quantitative estimate of drug-likeness (QED) is 0.910. The molecule has 2 fully saturated rings. The lowest BCUT2D eigenvalue weighted by Crippen LogP contribution is -2.52. The maximum Gasteiger partial charge on any atom is 0.226 e. The standard InChI is InChI=1S/C16H22N2O2/c1-11-10-17-6-7-18(11)16(19)15-9-14(15)12-4-3-5-13(8-12)20-2/h3-5,8,11,14-15,17H,6-7,9-10H2,1-2H3/t11-,14-,15+/m0/s1. The lowest BCUT2D eigenvalue weighted by Gasteiger charge is -2.34. The normalized spacial score (nSPS) is 29.1. The molecule has 1 aliphatic carbocycles. The topological polar surface area (TPSA) is 41.6 Å². The third-order valence-corrected chi connectivity index (χ3v) is 4.41. The first-order valence-corrected chi connectivity index (χ1v) is 7.36. The molecule has 4 nitrogen and oxygen atoms in total. The Morgan fingerprint density at radius 2 is 2.30 bits per heavy atom. The highest BCUT2D eigenvalue weighted by Crippen LogP contribution is 2.49. The third kappa shape index (κ3) is 2.52. The van der Waals surface area contributed by atoms with Crippen LogP contribution in [0.4, 0.5) is 0 Å². The molecule has 1 N–H and O–H groups in total. The molecule has 0 unspecified atom stereocenters. The molecule has 1 aromatic rings. The Balaban J connectivity index is 1.67. The minimum Gasteiger partial charge on any atom is -0.497 e. The van der Waals surface area contributed by atoms with Crippen molar-refractivity contribution in [3.8, 4) is 5.75 Å². The average Bonchev–Trinajstić information content (AvgIpc) is 3.28. The summed E-state index contributed by atoms with van der Waals surface area (Å²) < 4.78 is 5.26. The number of carbonyl (C=O) groups is 1. The number of amides is 1. The highest BCUT2D eigenvalue weighted by atomic mass is 16.5. The van der Waals surface area contributed by atoms with Crippen LogP contribution in [0.25, 0.3) is 0 Å². The van der Waals surface area contributed by atoms with Gasteiger partial charge in [-0.3, -0.25) is 4.79 Å². The molecule has 0 spiro atoms. The first-order valence-electron chi connectivity index (χ1n) is 7.36. The monoisotopic (exact) mass is 274 g/mol. The minimum absolute atomic E-state index is 0.169. The van der Waals surface area contributed by atoms with Gasteiger partial charge in [0.15, 0.2) is 0 Å². The summed E-state index contributed by atoms with van der Waals surface area (Å²) in [6.07, 6.45) is 0.975. The second kappa shape index (κ2) is 5.44. The van der Waals surface area contributed by atoms with E-state index in [9.17, 15) is 4.79 Å². The fourth-order valence-electron chi connectivity index (χ4n) is 3.09. The molecule has 0 radical (unpaired) electrons. The number of benzene rings is 1. The van der Waals surface area contributed by atoms with Crippen LogP contribution in [0.2, 0.25) is 0 Å². The van der Waals surface area contributed by atoms with Gasteiger partial charge in [0.2, 0.25) is 5.91 Å². The van der Waals surface area contributed by atoms with Crippen molar-refractivity contribution in [2.24, 2.45) is 5.92 Å². The average molecular weight is 274 g/mol. The molecule has 2 aliphatic rings. The predicted octanol–water partition coefficient (Wildman–Crippen LogP) is 1.62. The van der Waals surface area contributed by atoms with Gasteiger partial charge in [-0.2, -0.15) is 0 Å². The van der Waals surface area contributed by atoms with E-state index in [0.717, 1.165) is 31.8 Å². The minimum atomic E-state index is 0.169. The van der Waals surface area contributed by atoms with Gasteiger partial charge in [0.1, 0.15) is 5.75 Å². The van der Waals surface area contributed by atoms with E-state index >= 15 is 0 Å². The van der Waals surface area contributed by atoms with Gasteiger partial charge in [-0.25, -0.2) is 0 Å². The van der Waals surface area contributed by atoms with Gasteiger partial charge < -0.3 is 15.0 Å². The van der Waals surface area contributed by atoms with E-state index in [1.54, 1.807) is 7.11 Å². The maximum atomic E-state index is 12.6. The number of nitrogens with one attached hydrogen (secondary N) is 1. The van der Waals surface area contributed by atoms with E-state index in [1.165, 1.54) is 5.56 Å². The van der Waals surface area contributed by atoms with E-state index in [-0.39, 0.29) is 5.92 Å². The predicted molar refractivity (Wildman–Crippen MR) is 77.9 cm³/mol. The molecule has 1 heterocycles. The number of methoxy groups -OCH3 is 1. The number of rotatable bonds is 3. The molecule has 1 aliphatic heterocycles. The van der Waals surface area contributed by atoms with Crippen molar-refractivity contribution >= 4 is 5.91 Å². The SMILES string of the molecule is COc1cccc([C@@H]2C[C@H]2C(=O)N2CCNC[C@@H]2C)c1. The lowest BCUT2D eigenvalue weighted by atomic mass is 10.1. The van der Waals surface area contributed by atoms with E-state index in [1.807, 2.05) is 17.0 Å². The summed E-state index contributed by atoms with van der Waals surface area (Å²) in [5.74, 6) is 1.74. The maximum absolute atomic E-state index is 12.6.